The first kappa shape index (κ1) is 19.2. The molecule has 1 atom stereocenters. The lowest BCUT2D eigenvalue weighted by atomic mass is 10.0. The van der Waals surface area contributed by atoms with E-state index in [9.17, 15) is 14.4 Å². The van der Waals surface area contributed by atoms with E-state index in [4.69, 9.17) is 4.74 Å². The Labute approximate surface area is 162 Å². The topological polar surface area (TPSA) is 63.7 Å². The average molecular weight is 383 g/mol. The molecule has 2 amide bonds. The molecule has 1 heterocycles. The van der Waals surface area contributed by atoms with Gasteiger partial charge in [0.15, 0.2) is 6.04 Å². The highest BCUT2D eigenvalue weighted by atomic mass is 32.2. The first-order valence-electron chi connectivity index (χ1n) is 8.59. The highest BCUT2D eigenvalue weighted by Crippen LogP contribution is 2.37. The molecule has 0 fully saturated rings. The number of benzene rings is 2. The number of imide groups is 1. The monoisotopic (exact) mass is 383 g/mol. The van der Waals surface area contributed by atoms with Crippen molar-refractivity contribution in [3.05, 3.63) is 71.3 Å². The molecule has 0 saturated carbocycles. The van der Waals surface area contributed by atoms with Gasteiger partial charge < -0.3 is 4.74 Å². The molecular weight excluding hydrogens is 362 g/mol. The lowest BCUT2D eigenvalue weighted by Gasteiger charge is -2.36. The van der Waals surface area contributed by atoms with Crippen LogP contribution in [-0.4, -0.2) is 40.6 Å². The molecule has 140 valence electrons. The second-order valence-electron chi connectivity index (χ2n) is 6.83. The van der Waals surface area contributed by atoms with Crippen molar-refractivity contribution in [2.45, 2.75) is 30.4 Å². The second kappa shape index (κ2) is 7.56. The molecule has 5 nitrogen and oxygen atoms in total. The third kappa shape index (κ3) is 3.62. The van der Waals surface area contributed by atoms with Crippen molar-refractivity contribution in [2.75, 3.05) is 7.11 Å². The Morgan fingerprint density at radius 1 is 1.00 bits per heavy atom. The summed E-state index contributed by atoms with van der Waals surface area (Å²) in [5.74, 6) is -0.876. The maximum atomic E-state index is 12.9. The summed E-state index contributed by atoms with van der Waals surface area (Å²) in [6.45, 7) is 3.71. The van der Waals surface area contributed by atoms with Crippen LogP contribution >= 0.6 is 11.8 Å². The first-order chi connectivity index (χ1) is 12.9. The number of rotatable bonds is 6. The summed E-state index contributed by atoms with van der Waals surface area (Å²) < 4.78 is 4.22. The molecule has 3 rings (SSSR count). The fraction of sp³-hybridized carbons (Fsp3) is 0.286. The van der Waals surface area contributed by atoms with Crippen molar-refractivity contribution < 1.29 is 19.1 Å². The minimum Gasteiger partial charge on any atom is -0.467 e. The largest absolute Gasteiger partial charge is 0.467 e. The number of hydrogen-bond acceptors (Lipinski definition) is 5. The number of fused-ring (bicyclic) bond motifs is 1. The van der Waals surface area contributed by atoms with Gasteiger partial charge in [0.2, 0.25) is 0 Å². The molecule has 0 saturated heterocycles. The van der Waals surface area contributed by atoms with Gasteiger partial charge in [0.25, 0.3) is 11.8 Å². The predicted molar refractivity (Wildman–Crippen MR) is 105 cm³/mol. The average Bonchev–Trinajstić information content (AvgIpc) is 2.92. The Morgan fingerprint density at radius 3 is 2.04 bits per heavy atom. The molecule has 2 aromatic rings. The smallest absolute Gasteiger partial charge is 0.330 e. The van der Waals surface area contributed by atoms with Gasteiger partial charge in [0.05, 0.1) is 18.2 Å². The fourth-order valence-corrected chi connectivity index (χ4v) is 4.27. The van der Waals surface area contributed by atoms with Crippen LogP contribution in [0.1, 0.15) is 40.1 Å². The SMILES string of the molecule is COC(=O)C(N1C(=O)c2ccccc2C1=O)C(C)(C)SCc1ccccc1. The fourth-order valence-electron chi connectivity index (χ4n) is 3.18. The molecule has 0 N–H and O–H groups in total. The standard InChI is InChI=1S/C21H21NO4S/c1-21(2,27-13-14-9-5-4-6-10-14)17(20(25)26-3)22-18(23)15-11-7-8-12-16(15)19(22)24/h4-12,17H,13H2,1-3H3. The lowest BCUT2D eigenvalue weighted by Crippen LogP contribution is -2.55. The van der Waals surface area contributed by atoms with Crippen LogP contribution in [0, 0.1) is 0 Å². The number of nitrogens with zero attached hydrogens (tertiary/aromatic N) is 1. The van der Waals surface area contributed by atoms with Gasteiger partial charge in [-0.1, -0.05) is 42.5 Å². The van der Waals surface area contributed by atoms with Crippen molar-refractivity contribution in [1.29, 1.82) is 0 Å². The van der Waals surface area contributed by atoms with E-state index >= 15 is 0 Å². The van der Waals surface area contributed by atoms with E-state index in [0.29, 0.717) is 16.9 Å². The van der Waals surface area contributed by atoms with Gasteiger partial charge in [-0.2, -0.15) is 0 Å². The van der Waals surface area contributed by atoms with Crippen LogP contribution in [0.2, 0.25) is 0 Å². The van der Waals surface area contributed by atoms with Crippen LogP contribution in [0.3, 0.4) is 0 Å². The van der Waals surface area contributed by atoms with Crippen molar-refractivity contribution in [3.8, 4) is 0 Å². The number of thioether (sulfide) groups is 1. The van der Waals surface area contributed by atoms with Crippen molar-refractivity contribution in [2.24, 2.45) is 0 Å². The first-order valence-corrected chi connectivity index (χ1v) is 9.58. The Morgan fingerprint density at radius 2 is 1.52 bits per heavy atom. The van der Waals surface area contributed by atoms with E-state index < -0.39 is 28.6 Å². The molecule has 2 aromatic carbocycles. The normalized spacial score (nSPS) is 14.9. The number of esters is 1. The lowest BCUT2D eigenvalue weighted by molar-refractivity contribution is -0.146. The van der Waals surface area contributed by atoms with Crippen molar-refractivity contribution in [1.82, 2.24) is 4.90 Å². The van der Waals surface area contributed by atoms with Crippen molar-refractivity contribution in [3.63, 3.8) is 0 Å². The van der Waals surface area contributed by atoms with Gasteiger partial charge in [-0.25, -0.2) is 4.79 Å². The summed E-state index contributed by atoms with van der Waals surface area (Å²) in [4.78, 5) is 39.4. The molecule has 0 radical (unpaired) electrons. The Hall–Kier alpha value is -2.60. The van der Waals surface area contributed by atoms with E-state index in [0.717, 1.165) is 10.5 Å². The number of hydrogen-bond donors (Lipinski definition) is 0. The number of amides is 2. The van der Waals surface area contributed by atoms with Crippen LogP contribution in [0.5, 0.6) is 0 Å². The summed E-state index contributed by atoms with van der Waals surface area (Å²) in [5, 5.41) is 0. The molecule has 6 heteroatoms. The van der Waals surface area contributed by atoms with Gasteiger partial charge in [0, 0.05) is 10.5 Å². The zero-order chi connectivity index (χ0) is 19.6. The van der Waals surface area contributed by atoms with Crippen LogP contribution in [0.4, 0.5) is 0 Å². The van der Waals surface area contributed by atoms with E-state index in [-0.39, 0.29) is 0 Å². The number of carbonyl (C=O) groups is 3. The molecule has 0 aliphatic carbocycles. The van der Waals surface area contributed by atoms with Gasteiger partial charge in [-0.15, -0.1) is 11.8 Å². The van der Waals surface area contributed by atoms with Gasteiger partial charge in [-0.05, 0) is 31.5 Å². The molecule has 1 unspecified atom stereocenters. The molecule has 0 spiro atoms. The second-order valence-corrected chi connectivity index (χ2v) is 8.46. The quantitative estimate of drug-likeness (QED) is 0.564. The van der Waals surface area contributed by atoms with Gasteiger partial charge in [-0.3, -0.25) is 14.5 Å². The summed E-state index contributed by atoms with van der Waals surface area (Å²) in [7, 11) is 1.27. The summed E-state index contributed by atoms with van der Waals surface area (Å²) in [6.07, 6.45) is 0. The maximum absolute atomic E-state index is 12.9. The van der Waals surface area contributed by atoms with Crippen LogP contribution in [0.25, 0.3) is 0 Å². The molecule has 27 heavy (non-hydrogen) atoms. The number of methoxy groups -OCH3 is 1. The molecular formula is C21H21NO4S. The highest BCUT2D eigenvalue weighted by molar-refractivity contribution is 7.99. The number of carbonyl (C=O) groups excluding carboxylic acids is 3. The van der Waals surface area contributed by atoms with Crippen LogP contribution < -0.4 is 0 Å². The van der Waals surface area contributed by atoms with Crippen LogP contribution in [-0.2, 0) is 15.3 Å². The summed E-state index contributed by atoms with van der Waals surface area (Å²) in [6, 6.07) is 15.4. The predicted octanol–water partition coefficient (Wildman–Crippen LogP) is 3.54. The molecule has 1 aliphatic rings. The van der Waals surface area contributed by atoms with E-state index in [1.165, 1.54) is 18.9 Å². The third-order valence-electron chi connectivity index (χ3n) is 4.62. The number of ether oxygens (including phenoxy) is 1. The highest BCUT2D eigenvalue weighted by Gasteiger charge is 2.50. The van der Waals surface area contributed by atoms with E-state index in [1.54, 1.807) is 24.3 Å². The summed E-state index contributed by atoms with van der Waals surface area (Å²) >= 11 is 1.51. The van der Waals surface area contributed by atoms with Crippen molar-refractivity contribution >= 4 is 29.5 Å². The minimum atomic E-state index is -1.02. The summed E-state index contributed by atoms with van der Waals surface area (Å²) in [5.41, 5.74) is 1.74. The molecule has 0 bridgehead atoms. The Balaban J connectivity index is 1.91. The van der Waals surface area contributed by atoms with Crippen LogP contribution in [0.15, 0.2) is 54.6 Å². The van der Waals surface area contributed by atoms with E-state index in [1.807, 2.05) is 44.2 Å². The Bertz CT molecular complexity index is 844. The molecule has 0 aromatic heterocycles. The van der Waals surface area contributed by atoms with Gasteiger partial charge >= 0.3 is 5.97 Å². The zero-order valence-corrected chi connectivity index (χ0v) is 16.3. The van der Waals surface area contributed by atoms with Gasteiger partial charge in [0.1, 0.15) is 0 Å². The zero-order valence-electron chi connectivity index (χ0n) is 15.5. The maximum Gasteiger partial charge on any atom is 0.330 e. The third-order valence-corrected chi connectivity index (χ3v) is 6.07. The molecule has 1 aliphatic heterocycles. The Kier molecular flexibility index (Phi) is 5.37. The minimum absolute atomic E-state index is 0.320. The van der Waals surface area contributed by atoms with E-state index in [2.05, 4.69) is 0 Å².